The van der Waals surface area contributed by atoms with Crippen molar-refractivity contribution in [3.63, 3.8) is 0 Å². The van der Waals surface area contributed by atoms with Crippen LogP contribution in [0.4, 0.5) is 5.82 Å². The van der Waals surface area contributed by atoms with E-state index in [-0.39, 0.29) is 5.91 Å². The second kappa shape index (κ2) is 7.07. The smallest absolute Gasteiger partial charge is 0.275 e. The average Bonchev–Trinajstić information content (AvgIpc) is 3.19. The van der Waals surface area contributed by atoms with Gasteiger partial charge in [-0.05, 0) is 30.7 Å². The average molecular weight is 364 g/mol. The summed E-state index contributed by atoms with van der Waals surface area (Å²) >= 11 is 12.1. The van der Waals surface area contributed by atoms with Gasteiger partial charge in [0.1, 0.15) is 5.69 Å². The second-order valence-electron chi connectivity index (χ2n) is 5.12. The van der Waals surface area contributed by atoms with Gasteiger partial charge in [0, 0.05) is 35.1 Å². The number of halogens is 2. The number of carbonyl (C=O) groups is 1. The normalized spacial score (nSPS) is 10.8. The Balaban J connectivity index is 1.70. The van der Waals surface area contributed by atoms with Gasteiger partial charge in [-0.2, -0.15) is 10.2 Å². The molecule has 3 rings (SSSR count). The highest BCUT2D eigenvalue weighted by Gasteiger charge is 2.13. The van der Waals surface area contributed by atoms with Gasteiger partial charge in [0.05, 0.1) is 6.54 Å². The molecule has 124 valence electrons. The molecule has 1 N–H and O–H groups in total. The van der Waals surface area contributed by atoms with Gasteiger partial charge in [0.15, 0.2) is 5.82 Å². The van der Waals surface area contributed by atoms with Crippen LogP contribution in [-0.2, 0) is 13.1 Å². The lowest BCUT2D eigenvalue weighted by molar-refractivity contribution is 0.101. The highest BCUT2D eigenvalue weighted by molar-refractivity contribution is 6.35. The van der Waals surface area contributed by atoms with Crippen molar-refractivity contribution in [1.82, 2.24) is 19.6 Å². The van der Waals surface area contributed by atoms with Gasteiger partial charge in [-0.25, -0.2) is 0 Å². The van der Waals surface area contributed by atoms with Crippen molar-refractivity contribution in [3.8, 4) is 0 Å². The first kappa shape index (κ1) is 16.5. The maximum atomic E-state index is 12.3. The van der Waals surface area contributed by atoms with Crippen LogP contribution in [-0.4, -0.2) is 25.5 Å². The largest absolute Gasteiger partial charge is 0.304 e. The minimum absolute atomic E-state index is 0.246. The van der Waals surface area contributed by atoms with E-state index < -0.39 is 0 Å². The molecule has 0 spiro atoms. The third-order valence-electron chi connectivity index (χ3n) is 3.48. The molecule has 2 aromatic heterocycles. The molecule has 0 aliphatic rings. The van der Waals surface area contributed by atoms with E-state index in [4.69, 9.17) is 23.2 Å². The molecule has 0 fully saturated rings. The van der Waals surface area contributed by atoms with Gasteiger partial charge in [0.2, 0.25) is 0 Å². The highest BCUT2D eigenvalue weighted by Crippen LogP contribution is 2.21. The van der Waals surface area contributed by atoms with E-state index >= 15 is 0 Å². The van der Waals surface area contributed by atoms with Crippen LogP contribution in [0.5, 0.6) is 0 Å². The fourth-order valence-corrected chi connectivity index (χ4v) is 2.77. The third kappa shape index (κ3) is 3.60. The number of amides is 1. The van der Waals surface area contributed by atoms with E-state index in [2.05, 4.69) is 15.5 Å². The molecule has 0 aliphatic carbocycles. The quantitative estimate of drug-likeness (QED) is 0.751. The summed E-state index contributed by atoms with van der Waals surface area (Å²) in [7, 11) is 0. The van der Waals surface area contributed by atoms with Crippen molar-refractivity contribution in [3.05, 3.63) is 64.0 Å². The van der Waals surface area contributed by atoms with E-state index in [0.29, 0.717) is 34.6 Å². The molecular formula is C16H15Cl2N5O. The molecule has 3 aromatic rings. The summed E-state index contributed by atoms with van der Waals surface area (Å²) in [5, 5.41) is 12.3. The van der Waals surface area contributed by atoms with E-state index in [1.165, 1.54) is 0 Å². The van der Waals surface area contributed by atoms with E-state index in [0.717, 1.165) is 5.56 Å². The first-order chi connectivity index (χ1) is 11.6. The summed E-state index contributed by atoms with van der Waals surface area (Å²) in [6.07, 6.45) is 3.37. The first-order valence-corrected chi connectivity index (χ1v) is 8.13. The van der Waals surface area contributed by atoms with Crippen molar-refractivity contribution in [2.45, 2.75) is 20.0 Å². The molecule has 0 saturated heterocycles. The summed E-state index contributed by atoms with van der Waals surface area (Å²) < 4.78 is 3.32. The van der Waals surface area contributed by atoms with Crippen LogP contribution in [0, 0.1) is 0 Å². The van der Waals surface area contributed by atoms with Crippen LogP contribution in [0.25, 0.3) is 0 Å². The van der Waals surface area contributed by atoms with E-state index in [9.17, 15) is 4.79 Å². The summed E-state index contributed by atoms with van der Waals surface area (Å²) in [6, 6.07) is 8.72. The van der Waals surface area contributed by atoms with Crippen LogP contribution in [0.3, 0.4) is 0 Å². The molecular weight excluding hydrogens is 349 g/mol. The molecule has 0 atom stereocenters. The number of benzene rings is 1. The Morgan fingerprint density at radius 3 is 2.83 bits per heavy atom. The number of anilines is 1. The number of hydrogen-bond acceptors (Lipinski definition) is 3. The topological polar surface area (TPSA) is 64.7 Å². The molecule has 1 aromatic carbocycles. The van der Waals surface area contributed by atoms with Crippen molar-refractivity contribution in [1.29, 1.82) is 0 Å². The lowest BCUT2D eigenvalue weighted by Crippen LogP contribution is -2.17. The molecule has 2 heterocycles. The Morgan fingerprint density at radius 2 is 2.08 bits per heavy atom. The van der Waals surface area contributed by atoms with Gasteiger partial charge in [-0.15, -0.1) is 0 Å². The summed E-state index contributed by atoms with van der Waals surface area (Å²) in [4.78, 5) is 12.3. The number of rotatable bonds is 5. The van der Waals surface area contributed by atoms with Crippen LogP contribution in [0.15, 0.2) is 42.7 Å². The van der Waals surface area contributed by atoms with Crippen molar-refractivity contribution in [2.75, 3.05) is 5.32 Å². The van der Waals surface area contributed by atoms with E-state index in [1.54, 1.807) is 46.0 Å². The molecule has 0 radical (unpaired) electrons. The Labute approximate surface area is 149 Å². The monoisotopic (exact) mass is 363 g/mol. The molecule has 1 amide bonds. The number of nitrogens with one attached hydrogen (secondary N) is 1. The van der Waals surface area contributed by atoms with Gasteiger partial charge in [-0.3, -0.25) is 14.2 Å². The number of hydrogen-bond donors (Lipinski definition) is 1. The molecule has 0 bridgehead atoms. The first-order valence-electron chi connectivity index (χ1n) is 7.37. The van der Waals surface area contributed by atoms with Gasteiger partial charge >= 0.3 is 0 Å². The van der Waals surface area contributed by atoms with Gasteiger partial charge in [0.25, 0.3) is 5.91 Å². The zero-order chi connectivity index (χ0) is 17.1. The fraction of sp³-hybridized carbons (Fsp3) is 0.188. The Hall–Kier alpha value is -2.31. The molecule has 8 heteroatoms. The number of aryl methyl sites for hydroxylation is 1. The Kier molecular flexibility index (Phi) is 4.87. The predicted molar refractivity (Wildman–Crippen MR) is 93.6 cm³/mol. The Bertz CT molecular complexity index is 871. The number of carbonyl (C=O) groups excluding carboxylic acids is 1. The minimum Gasteiger partial charge on any atom is -0.304 e. The molecule has 0 aliphatic heterocycles. The molecule has 0 saturated carbocycles. The predicted octanol–water partition coefficient (Wildman–Crippen LogP) is 3.71. The maximum Gasteiger partial charge on any atom is 0.275 e. The Morgan fingerprint density at radius 1 is 1.25 bits per heavy atom. The summed E-state index contributed by atoms with van der Waals surface area (Å²) in [5.41, 5.74) is 1.39. The molecule has 0 unspecified atom stereocenters. The van der Waals surface area contributed by atoms with Gasteiger partial charge < -0.3 is 5.32 Å². The number of aromatic nitrogens is 4. The van der Waals surface area contributed by atoms with Crippen molar-refractivity contribution < 1.29 is 4.79 Å². The van der Waals surface area contributed by atoms with Crippen LogP contribution in [0.2, 0.25) is 10.0 Å². The lowest BCUT2D eigenvalue weighted by atomic mass is 10.2. The van der Waals surface area contributed by atoms with Crippen molar-refractivity contribution in [2.24, 2.45) is 0 Å². The van der Waals surface area contributed by atoms with Gasteiger partial charge in [-0.1, -0.05) is 29.3 Å². The SMILES string of the molecule is CCn1nccc1C(=O)Nc1ccn(Cc2ccc(Cl)cc2Cl)n1. The second-order valence-corrected chi connectivity index (χ2v) is 5.96. The van der Waals surface area contributed by atoms with Crippen molar-refractivity contribution >= 4 is 34.9 Å². The van der Waals surface area contributed by atoms with Crippen LogP contribution in [0.1, 0.15) is 23.0 Å². The summed E-state index contributed by atoms with van der Waals surface area (Å²) in [5.74, 6) is 0.220. The molecule has 24 heavy (non-hydrogen) atoms. The van der Waals surface area contributed by atoms with E-state index in [1.807, 2.05) is 13.0 Å². The van der Waals surface area contributed by atoms with Crippen LogP contribution < -0.4 is 5.32 Å². The van der Waals surface area contributed by atoms with Crippen LogP contribution >= 0.6 is 23.2 Å². The zero-order valence-electron chi connectivity index (χ0n) is 12.9. The number of nitrogens with zero attached hydrogens (tertiary/aromatic N) is 4. The zero-order valence-corrected chi connectivity index (χ0v) is 14.4. The fourth-order valence-electron chi connectivity index (χ4n) is 2.30. The molecule has 6 nitrogen and oxygen atoms in total. The summed E-state index contributed by atoms with van der Waals surface area (Å²) in [6.45, 7) is 3.03. The maximum absolute atomic E-state index is 12.3. The minimum atomic E-state index is -0.246. The standard InChI is InChI=1S/C16H15Cl2N5O/c1-2-23-14(5-7-19-23)16(24)20-15-6-8-22(21-15)10-11-3-4-12(17)9-13(11)18/h3-9H,2,10H2,1H3,(H,20,21,24). The highest BCUT2D eigenvalue weighted by atomic mass is 35.5. The lowest BCUT2D eigenvalue weighted by Gasteiger charge is -2.06. The third-order valence-corrected chi connectivity index (χ3v) is 4.07.